The first-order valence-electron chi connectivity index (χ1n) is 6.62. The van der Waals surface area contributed by atoms with Gasteiger partial charge in [-0.25, -0.2) is 0 Å². The molecule has 0 amide bonds. The van der Waals surface area contributed by atoms with Crippen LogP contribution in [0.5, 0.6) is 0 Å². The van der Waals surface area contributed by atoms with Gasteiger partial charge in [0.05, 0.1) is 0 Å². The van der Waals surface area contributed by atoms with Crippen molar-refractivity contribution in [3.05, 3.63) is 0 Å². The number of hydrogen-bond donors (Lipinski definition) is 0. The summed E-state index contributed by atoms with van der Waals surface area (Å²) in [7, 11) is 0. The molecule has 4 atom stereocenters. The summed E-state index contributed by atoms with van der Waals surface area (Å²) >= 11 is 0. The normalized spacial score (nSPS) is 44.1. The van der Waals surface area contributed by atoms with E-state index in [4.69, 9.17) is 4.74 Å². The van der Waals surface area contributed by atoms with Crippen molar-refractivity contribution in [2.45, 2.75) is 59.5 Å². The third-order valence-corrected chi connectivity index (χ3v) is 5.09. The Morgan fingerprint density at radius 2 is 2.12 bits per heavy atom. The summed E-state index contributed by atoms with van der Waals surface area (Å²) in [5.41, 5.74) is 0.360. The molecule has 0 radical (unpaired) electrons. The molecule has 2 heteroatoms. The van der Waals surface area contributed by atoms with Crippen molar-refractivity contribution in [3.63, 3.8) is 0 Å². The standard InChI is InChI=1S/C14H24O2/c1-9(2)14(4)6-5-11-10(3)7-13(15)16-12(11)8-14/h9-12H,5-8H2,1-4H3. The lowest BCUT2D eigenvalue weighted by Gasteiger charge is -2.48. The molecule has 1 saturated heterocycles. The van der Waals surface area contributed by atoms with Crippen LogP contribution in [0.3, 0.4) is 0 Å². The molecule has 0 bridgehead atoms. The smallest absolute Gasteiger partial charge is 0.306 e. The molecular formula is C14H24O2. The summed E-state index contributed by atoms with van der Waals surface area (Å²) in [6.07, 6.45) is 4.39. The zero-order valence-electron chi connectivity index (χ0n) is 11.0. The number of fused-ring (bicyclic) bond motifs is 1. The highest BCUT2D eigenvalue weighted by Gasteiger charge is 2.45. The van der Waals surface area contributed by atoms with E-state index in [1.54, 1.807) is 0 Å². The van der Waals surface area contributed by atoms with Gasteiger partial charge in [-0.1, -0.05) is 27.7 Å². The van der Waals surface area contributed by atoms with Gasteiger partial charge in [0.2, 0.25) is 0 Å². The number of hydrogen-bond acceptors (Lipinski definition) is 2. The third-order valence-electron chi connectivity index (χ3n) is 5.09. The largest absolute Gasteiger partial charge is 0.462 e. The molecule has 0 N–H and O–H groups in total. The Balaban J connectivity index is 2.11. The van der Waals surface area contributed by atoms with E-state index in [0.717, 1.165) is 6.42 Å². The van der Waals surface area contributed by atoms with Crippen LogP contribution < -0.4 is 0 Å². The lowest BCUT2D eigenvalue weighted by atomic mass is 9.62. The van der Waals surface area contributed by atoms with Gasteiger partial charge < -0.3 is 4.74 Å². The molecule has 16 heavy (non-hydrogen) atoms. The van der Waals surface area contributed by atoms with E-state index in [0.29, 0.717) is 29.6 Å². The molecule has 0 aromatic carbocycles. The average Bonchev–Trinajstić information content (AvgIpc) is 2.16. The van der Waals surface area contributed by atoms with Crippen molar-refractivity contribution in [2.75, 3.05) is 0 Å². The van der Waals surface area contributed by atoms with Crippen molar-refractivity contribution in [1.82, 2.24) is 0 Å². The molecule has 1 aliphatic carbocycles. The maximum atomic E-state index is 11.5. The van der Waals surface area contributed by atoms with Gasteiger partial charge in [0.25, 0.3) is 0 Å². The van der Waals surface area contributed by atoms with Crippen molar-refractivity contribution in [2.24, 2.45) is 23.2 Å². The van der Waals surface area contributed by atoms with Crippen LogP contribution in [0.2, 0.25) is 0 Å². The quantitative estimate of drug-likeness (QED) is 0.638. The lowest BCUT2D eigenvalue weighted by molar-refractivity contribution is -0.171. The molecule has 2 fully saturated rings. The van der Waals surface area contributed by atoms with Crippen molar-refractivity contribution in [3.8, 4) is 0 Å². The lowest BCUT2D eigenvalue weighted by Crippen LogP contribution is -2.46. The van der Waals surface area contributed by atoms with Gasteiger partial charge in [0.15, 0.2) is 0 Å². The number of rotatable bonds is 1. The SMILES string of the molecule is CC1CC(=O)OC2CC(C)(C(C)C)CCC12. The Morgan fingerprint density at radius 3 is 2.75 bits per heavy atom. The molecule has 1 saturated carbocycles. The zero-order chi connectivity index (χ0) is 11.9. The molecule has 0 spiro atoms. The number of carbonyl (C=O) groups excluding carboxylic acids is 1. The minimum absolute atomic E-state index is 0.0155. The van der Waals surface area contributed by atoms with E-state index >= 15 is 0 Å². The molecule has 92 valence electrons. The van der Waals surface area contributed by atoms with Gasteiger partial charge in [0, 0.05) is 6.42 Å². The summed E-state index contributed by atoms with van der Waals surface area (Å²) in [5.74, 6) is 1.82. The summed E-state index contributed by atoms with van der Waals surface area (Å²) in [6, 6.07) is 0. The molecule has 2 nitrogen and oxygen atoms in total. The molecule has 1 heterocycles. The molecule has 4 unspecified atom stereocenters. The first-order chi connectivity index (χ1) is 7.42. The van der Waals surface area contributed by atoms with Crippen LogP contribution in [0.25, 0.3) is 0 Å². The van der Waals surface area contributed by atoms with E-state index in [-0.39, 0.29) is 12.1 Å². The fraction of sp³-hybridized carbons (Fsp3) is 0.929. The number of ether oxygens (including phenoxy) is 1. The van der Waals surface area contributed by atoms with Crippen LogP contribution in [-0.2, 0) is 9.53 Å². The highest BCUT2D eigenvalue weighted by Crippen LogP contribution is 2.48. The molecule has 2 rings (SSSR count). The Morgan fingerprint density at radius 1 is 1.44 bits per heavy atom. The summed E-state index contributed by atoms with van der Waals surface area (Å²) in [4.78, 5) is 11.5. The van der Waals surface area contributed by atoms with Gasteiger partial charge in [-0.3, -0.25) is 4.79 Å². The number of esters is 1. The topological polar surface area (TPSA) is 26.3 Å². The van der Waals surface area contributed by atoms with Crippen molar-refractivity contribution in [1.29, 1.82) is 0 Å². The number of carbonyl (C=O) groups is 1. The zero-order valence-corrected chi connectivity index (χ0v) is 11.0. The van der Waals surface area contributed by atoms with Gasteiger partial charge in [-0.2, -0.15) is 0 Å². The predicted octanol–water partition coefficient (Wildman–Crippen LogP) is 3.40. The monoisotopic (exact) mass is 224 g/mol. The van der Waals surface area contributed by atoms with Crippen LogP contribution in [0.4, 0.5) is 0 Å². The Hall–Kier alpha value is -0.530. The highest BCUT2D eigenvalue weighted by atomic mass is 16.5. The van der Waals surface area contributed by atoms with Crippen LogP contribution >= 0.6 is 0 Å². The van der Waals surface area contributed by atoms with Gasteiger partial charge in [0.1, 0.15) is 6.10 Å². The predicted molar refractivity (Wildman–Crippen MR) is 63.9 cm³/mol. The van der Waals surface area contributed by atoms with E-state index in [9.17, 15) is 4.79 Å². The van der Waals surface area contributed by atoms with E-state index in [1.165, 1.54) is 12.8 Å². The van der Waals surface area contributed by atoms with Crippen LogP contribution in [0, 0.1) is 23.2 Å². The summed E-state index contributed by atoms with van der Waals surface area (Å²) < 4.78 is 5.57. The first kappa shape index (κ1) is 11.9. The fourth-order valence-corrected chi connectivity index (χ4v) is 3.33. The molecular weight excluding hydrogens is 200 g/mol. The van der Waals surface area contributed by atoms with Crippen molar-refractivity contribution >= 4 is 5.97 Å². The van der Waals surface area contributed by atoms with Crippen LogP contribution in [0.1, 0.15) is 53.4 Å². The fourth-order valence-electron chi connectivity index (χ4n) is 3.33. The first-order valence-corrected chi connectivity index (χ1v) is 6.62. The van der Waals surface area contributed by atoms with Crippen molar-refractivity contribution < 1.29 is 9.53 Å². The molecule has 1 aliphatic heterocycles. The average molecular weight is 224 g/mol. The van der Waals surface area contributed by atoms with E-state index in [2.05, 4.69) is 27.7 Å². The summed E-state index contributed by atoms with van der Waals surface area (Å²) in [5, 5.41) is 0. The molecule has 0 aromatic rings. The second-order valence-electron chi connectivity index (χ2n) is 6.43. The molecule has 0 aromatic heterocycles. The molecule has 2 aliphatic rings. The van der Waals surface area contributed by atoms with Gasteiger partial charge in [-0.05, 0) is 42.4 Å². The Kier molecular flexibility index (Phi) is 3.02. The third kappa shape index (κ3) is 1.99. The second kappa shape index (κ2) is 4.05. The van der Waals surface area contributed by atoms with Gasteiger partial charge >= 0.3 is 5.97 Å². The van der Waals surface area contributed by atoms with Crippen LogP contribution in [0.15, 0.2) is 0 Å². The minimum Gasteiger partial charge on any atom is -0.462 e. The maximum absolute atomic E-state index is 11.5. The minimum atomic E-state index is 0.0155. The summed E-state index contributed by atoms with van der Waals surface area (Å²) in [6.45, 7) is 9.12. The van der Waals surface area contributed by atoms with Gasteiger partial charge in [-0.15, -0.1) is 0 Å². The Bertz CT molecular complexity index is 284. The second-order valence-corrected chi connectivity index (χ2v) is 6.43. The Labute approximate surface area is 98.7 Å². The van der Waals surface area contributed by atoms with E-state index in [1.807, 2.05) is 0 Å². The van der Waals surface area contributed by atoms with Crippen LogP contribution in [-0.4, -0.2) is 12.1 Å². The maximum Gasteiger partial charge on any atom is 0.306 e. The van der Waals surface area contributed by atoms with E-state index < -0.39 is 0 Å². The highest BCUT2D eigenvalue weighted by molar-refractivity contribution is 5.70.